The zero-order chi connectivity index (χ0) is 15.9. The average Bonchev–Trinajstić information content (AvgIpc) is 2.89. The molecule has 1 saturated heterocycles. The van der Waals surface area contributed by atoms with Crippen molar-refractivity contribution in [1.29, 1.82) is 0 Å². The van der Waals surface area contributed by atoms with Crippen LogP contribution in [0.2, 0.25) is 0 Å². The molecule has 0 aliphatic carbocycles. The number of rotatable bonds is 5. The molecule has 1 heterocycles. The molecule has 0 spiro atoms. The molecule has 120 valence electrons. The van der Waals surface area contributed by atoms with Crippen molar-refractivity contribution in [2.24, 2.45) is 0 Å². The van der Waals surface area contributed by atoms with E-state index < -0.39 is 0 Å². The minimum atomic E-state index is 0.258. The van der Waals surface area contributed by atoms with Gasteiger partial charge in [-0.25, -0.2) is 0 Å². The van der Waals surface area contributed by atoms with Crippen molar-refractivity contribution in [3.8, 4) is 11.1 Å². The van der Waals surface area contributed by atoms with Crippen LogP contribution in [0.5, 0.6) is 0 Å². The summed E-state index contributed by atoms with van der Waals surface area (Å²) in [5.74, 6) is 0.258. The highest BCUT2D eigenvalue weighted by atomic mass is 16.1. The minimum Gasteiger partial charge on any atom is -0.303 e. The van der Waals surface area contributed by atoms with E-state index in [4.69, 9.17) is 0 Å². The van der Waals surface area contributed by atoms with Crippen molar-refractivity contribution in [2.75, 3.05) is 19.6 Å². The molecule has 0 saturated carbocycles. The van der Waals surface area contributed by atoms with E-state index in [0.29, 0.717) is 6.42 Å². The Kier molecular flexibility index (Phi) is 5.60. The van der Waals surface area contributed by atoms with E-state index in [0.717, 1.165) is 30.8 Å². The lowest BCUT2D eigenvalue weighted by Gasteiger charge is -2.19. The van der Waals surface area contributed by atoms with E-state index >= 15 is 0 Å². The predicted octanol–water partition coefficient (Wildman–Crippen LogP) is 4.80. The van der Waals surface area contributed by atoms with Gasteiger partial charge in [0.1, 0.15) is 0 Å². The Balaban J connectivity index is 1.57. The molecule has 3 rings (SSSR count). The molecule has 2 heteroatoms. The second-order valence-electron chi connectivity index (χ2n) is 6.37. The lowest BCUT2D eigenvalue weighted by atomic mass is 10.0. The van der Waals surface area contributed by atoms with Crippen LogP contribution >= 0.6 is 0 Å². The summed E-state index contributed by atoms with van der Waals surface area (Å²) < 4.78 is 0. The normalized spacial score (nSPS) is 16.0. The zero-order valence-corrected chi connectivity index (χ0v) is 13.7. The van der Waals surface area contributed by atoms with Crippen LogP contribution in [0.4, 0.5) is 0 Å². The number of hydrogen-bond donors (Lipinski definition) is 0. The van der Waals surface area contributed by atoms with E-state index in [1.54, 1.807) is 0 Å². The van der Waals surface area contributed by atoms with E-state index in [9.17, 15) is 4.79 Å². The Morgan fingerprint density at radius 3 is 2.04 bits per heavy atom. The summed E-state index contributed by atoms with van der Waals surface area (Å²) in [7, 11) is 0. The summed E-state index contributed by atoms with van der Waals surface area (Å²) in [5.41, 5.74) is 3.19. The van der Waals surface area contributed by atoms with Gasteiger partial charge in [-0.3, -0.25) is 4.79 Å². The first-order valence-electron chi connectivity index (χ1n) is 8.74. The first-order valence-corrected chi connectivity index (χ1v) is 8.74. The fourth-order valence-electron chi connectivity index (χ4n) is 3.24. The van der Waals surface area contributed by atoms with Crippen molar-refractivity contribution >= 4 is 5.78 Å². The van der Waals surface area contributed by atoms with E-state index in [-0.39, 0.29) is 5.78 Å². The van der Waals surface area contributed by atoms with Gasteiger partial charge >= 0.3 is 0 Å². The third kappa shape index (κ3) is 4.52. The van der Waals surface area contributed by atoms with Crippen LogP contribution in [-0.4, -0.2) is 30.3 Å². The van der Waals surface area contributed by atoms with E-state index in [2.05, 4.69) is 29.2 Å². The van der Waals surface area contributed by atoms with Crippen molar-refractivity contribution in [3.63, 3.8) is 0 Å². The van der Waals surface area contributed by atoms with Crippen LogP contribution in [0, 0.1) is 0 Å². The second kappa shape index (κ2) is 8.07. The molecule has 0 unspecified atom stereocenters. The molecule has 0 bridgehead atoms. The standard InChI is InChI=1S/C21H25NO/c23-21(14-17-22-15-6-1-2-7-16-22)20-12-10-19(11-13-20)18-8-4-3-5-9-18/h3-5,8-13H,1-2,6-7,14-17H2. The van der Waals surface area contributed by atoms with Crippen LogP contribution in [0.3, 0.4) is 0 Å². The molecule has 0 radical (unpaired) electrons. The number of likely N-dealkylation sites (tertiary alicyclic amines) is 1. The van der Waals surface area contributed by atoms with Gasteiger partial charge in [0.05, 0.1) is 0 Å². The first kappa shape index (κ1) is 15.9. The Morgan fingerprint density at radius 1 is 0.783 bits per heavy atom. The molecule has 0 amide bonds. The molecule has 1 aliphatic heterocycles. The quantitative estimate of drug-likeness (QED) is 0.739. The van der Waals surface area contributed by atoms with Gasteiger partial charge in [0.15, 0.2) is 5.78 Å². The molecule has 0 aromatic heterocycles. The highest BCUT2D eigenvalue weighted by Gasteiger charge is 2.12. The second-order valence-corrected chi connectivity index (χ2v) is 6.37. The molecular formula is C21H25NO. The fraction of sp³-hybridized carbons (Fsp3) is 0.381. The topological polar surface area (TPSA) is 20.3 Å². The van der Waals surface area contributed by atoms with Gasteiger partial charge in [0, 0.05) is 18.5 Å². The summed E-state index contributed by atoms with van der Waals surface area (Å²) >= 11 is 0. The molecule has 2 aromatic carbocycles. The summed E-state index contributed by atoms with van der Waals surface area (Å²) in [6, 6.07) is 18.3. The Labute approximate surface area is 139 Å². The van der Waals surface area contributed by atoms with Crippen LogP contribution in [-0.2, 0) is 0 Å². The lowest BCUT2D eigenvalue weighted by molar-refractivity contribution is 0.0965. The third-order valence-electron chi connectivity index (χ3n) is 4.67. The maximum atomic E-state index is 12.4. The molecule has 2 aromatic rings. The molecule has 23 heavy (non-hydrogen) atoms. The Hall–Kier alpha value is -1.93. The molecule has 0 atom stereocenters. The minimum absolute atomic E-state index is 0.258. The van der Waals surface area contributed by atoms with Gasteiger partial charge in [-0.15, -0.1) is 0 Å². The highest BCUT2D eigenvalue weighted by Crippen LogP contribution is 2.20. The number of ketones is 1. The Bertz CT molecular complexity index is 610. The fourth-order valence-corrected chi connectivity index (χ4v) is 3.24. The van der Waals surface area contributed by atoms with Crippen molar-refractivity contribution in [2.45, 2.75) is 32.1 Å². The van der Waals surface area contributed by atoms with E-state index in [1.807, 2.05) is 30.3 Å². The third-order valence-corrected chi connectivity index (χ3v) is 4.67. The Morgan fingerprint density at radius 2 is 1.39 bits per heavy atom. The highest BCUT2D eigenvalue weighted by molar-refractivity contribution is 5.96. The molecule has 1 fully saturated rings. The van der Waals surface area contributed by atoms with Gasteiger partial charge in [0.25, 0.3) is 0 Å². The predicted molar refractivity (Wildman–Crippen MR) is 95.7 cm³/mol. The number of Topliss-reactive ketones (excluding diaryl/α,β-unsaturated/α-hetero) is 1. The van der Waals surface area contributed by atoms with Gasteiger partial charge in [0.2, 0.25) is 0 Å². The summed E-state index contributed by atoms with van der Waals surface area (Å²) in [5, 5.41) is 0. The first-order chi connectivity index (χ1) is 11.3. The van der Waals surface area contributed by atoms with Gasteiger partial charge in [-0.1, -0.05) is 67.4 Å². The van der Waals surface area contributed by atoms with Crippen LogP contribution in [0.25, 0.3) is 11.1 Å². The van der Waals surface area contributed by atoms with Crippen molar-refractivity contribution in [3.05, 3.63) is 60.2 Å². The van der Waals surface area contributed by atoms with E-state index in [1.165, 1.54) is 31.2 Å². The number of nitrogens with zero attached hydrogens (tertiary/aromatic N) is 1. The molecule has 0 N–H and O–H groups in total. The average molecular weight is 307 g/mol. The van der Waals surface area contributed by atoms with Gasteiger partial charge in [-0.05, 0) is 37.1 Å². The molecule has 2 nitrogen and oxygen atoms in total. The lowest BCUT2D eigenvalue weighted by Crippen LogP contribution is -2.27. The van der Waals surface area contributed by atoms with Gasteiger partial charge < -0.3 is 4.90 Å². The van der Waals surface area contributed by atoms with Crippen molar-refractivity contribution in [1.82, 2.24) is 4.90 Å². The monoisotopic (exact) mass is 307 g/mol. The molecule has 1 aliphatic rings. The number of carbonyl (C=O) groups is 1. The number of carbonyl (C=O) groups excluding carboxylic acids is 1. The van der Waals surface area contributed by atoms with Crippen LogP contribution in [0.15, 0.2) is 54.6 Å². The summed E-state index contributed by atoms with van der Waals surface area (Å²) in [6.45, 7) is 3.21. The summed E-state index contributed by atoms with van der Waals surface area (Å²) in [6.07, 6.45) is 5.86. The largest absolute Gasteiger partial charge is 0.303 e. The van der Waals surface area contributed by atoms with Gasteiger partial charge in [-0.2, -0.15) is 0 Å². The van der Waals surface area contributed by atoms with Crippen LogP contribution in [0.1, 0.15) is 42.5 Å². The summed E-state index contributed by atoms with van der Waals surface area (Å²) in [4.78, 5) is 14.8. The maximum absolute atomic E-state index is 12.4. The van der Waals surface area contributed by atoms with Crippen molar-refractivity contribution < 1.29 is 4.79 Å². The maximum Gasteiger partial charge on any atom is 0.164 e. The number of benzene rings is 2. The SMILES string of the molecule is O=C(CCN1CCCCCC1)c1ccc(-c2ccccc2)cc1. The van der Waals surface area contributed by atoms with Crippen LogP contribution < -0.4 is 0 Å². The molecular weight excluding hydrogens is 282 g/mol. The zero-order valence-electron chi connectivity index (χ0n) is 13.7. The smallest absolute Gasteiger partial charge is 0.164 e. The number of hydrogen-bond acceptors (Lipinski definition) is 2.